The van der Waals surface area contributed by atoms with Crippen LogP contribution in [-0.4, -0.2) is 9.97 Å². The van der Waals surface area contributed by atoms with Crippen LogP contribution in [0, 0.1) is 6.92 Å². The van der Waals surface area contributed by atoms with Crippen molar-refractivity contribution < 1.29 is 0 Å². The molecule has 0 aliphatic heterocycles. The Bertz CT molecular complexity index is 881. The molecule has 0 saturated heterocycles. The molecule has 1 aliphatic rings. The second-order valence-corrected chi connectivity index (χ2v) is 6.13. The van der Waals surface area contributed by atoms with Crippen LogP contribution in [0.4, 0.5) is 5.82 Å². The molecule has 0 spiro atoms. The molecule has 118 valence electrons. The van der Waals surface area contributed by atoms with Gasteiger partial charge in [0.2, 0.25) is 0 Å². The topological polar surface area (TPSA) is 37.8 Å². The van der Waals surface area contributed by atoms with Crippen LogP contribution >= 0.6 is 0 Å². The summed E-state index contributed by atoms with van der Waals surface area (Å²) in [7, 11) is 0. The van der Waals surface area contributed by atoms with Crippen LogP contribution in [0.25, 0.3) is 11.6 Å². The van der Waals surface area contributed by atoms with Gasteiger partial charge in [0, 0.05) is 18.5 Å². The van der Waals surface area contributed by atoms with Crippen molar-refractivity contribution >= 4 is 17.5 Å². The summed E-state index contributed by atoms with van der Waals surface area (Å²) in [5, 5.41) is 3.45. The Morgan fingerprint density at radius 3 is 2.54 bits per heavy atom. The molecule has 3 heteroatoms. The van der Waals surface area contributed by atoms with Crippen molar-refractivity contribution in [3.05, 3.63) is 88.9 Å². The summed E-state index contributed by atoms with van der Waals surface area (Å²) in [6.07, 6.45) is 4.73. The van der Waals surface area contributed by atoms with Crippen molar-refractivity contribution in [2.24, 2.45) is 0 Å². The van der Waals surface area contributed by atoms with Crippen molar-refractivity contribution in [2.45, 2.75) is 19.9 Å². The Balaban J connectivity index is 1.59. The fraction of sp³-hybridized carbons (Fsp3) is 0.143. The van der Waals surface area contributed by atoms with Crippen molar-refractivity contribution in [1.29, 1.82) is 0 Å². The fourth-order valence-corrected chi connectivity index (χ4v) is 3.01. The monoisotopic (exact) mass is 313 g/mol. The molecule has 24 heavy (non-hydrogen) atoms. The second-order valence-electron chi connectivity index (χ2n) is 6.13. The molecule has 3 aromatic rings. The van der Waals surface area contributed by atoms with E-state index in [1.807, 2.05) is 6.07 Å². The fourth-order valence-electron chi connectivity index (χ4n) is 3.01. The predicted octanol–water partition coefficient (Wildman–Crippen LogP) is 4.49. The Labute approximate surface area is 142 Å². The number of benzene rings is 2. The van der Waals surface area contributed by atoms with E-state index in [-0.39, 0.29) is 0 Å². The summed E-state index contributed by atoms with van der Waals surface area (Å²) in [5.41, 5.74) is 7.28. The number of rotatable bonds is 4. The maximum absolute atomic E-state index is 4.47. The molecule has 1 aliphatic carbocycles. The average molecular weight is 313 g/mol. The van der Waals surface area contributed by atoms with E-state index in [1.165, 1.54) is 22.3 Å². The lowest BCUT2D eigenvalue weighted by molar-refractivity contribution is 1.03. The summed E-state index contributed by atoms with van der Waals surface area (Å²) >= 11 is 0. The maximum Gasteiger partial charge on any atom is 0.137 e. The van der Waals surface area contributed by atoms with E-state index in [4.69, 9.17) is 0 Å². The van der Waals surface area contributed by atoms with Crippen LogP contribution in [0.1, 0.15) is 27.9 Å². The molecule has 0 fully saturated rings. The van der Waals surface area contributed by atoms with Gasteiger partial charge in [-0.15, -0.1) is 0 Å². The van der Waals surface area contributed by atoms with Crippen molar-refractivity contribution in [3.8, 4) is 0 Å². The minimum atomic E-state index is 0.762. The van der Waals surface area contributed by atoms with Crippen LogP contribution in [-0.2, 0) is 13.0 Å². The van der Waals surface area contributed by atoms with Gasteiger partial charge in [-0.3, -0.25) is 0 Å². The molecular weight excluding hydrogens is 294 g/mol. The van der Waals surface area contributed by atoms with Gasteiger partial charge < -0.3 is 5.32 Å². The summed E-state index contributed by atoms with van der Waals surface area (Å²) in [5.74, 6) is 0.908. The first-order valence-corrected chi connectivity index (χ1v) is 8.19. The lowest BCUT2D eigenvalue weighted by Gasteiger charge is -2.08. The molecule has 1 N–H and O–H groups in total. The van der Waals surface area contributed by atoms with Gasteiger partial charge in [0.05, 0.1) is 5.69 Å². The minimum absolute atomic E-state index is 0.762. The first kappa shape index (κ1) is 14.6. The molecule has 0 radical (unpaired) electrons. The zero-order chi connectivity index (χ0) is 16.4. The van der Waals surface area contributed by atoms with Gasteiger partial charge in [-0.1, -0.05) is 60.2 Å². The molecule has 0 unspecified atom stereocenters. The highest BCUT2D eigenvalue weighted by atomic mass is 15.0. The van der Waals surface area contributed by atoms with Gasteiger partial charge in [0.25, 0.3) is 0 Å². The molecule has 1 aromatic heterocycles. The van der Waals surface area contributed by atoms with E-state index in [9.17, 15) is 0 Å². The van der Waals surface area contributed by atoms with E-state index in [0.29, 0.717) is 0 Å². The number of hydrogen-bond acceptors (Lipinski definition) is 3. The molecule has 2 aromatic carbocycles. The Hall–Kier alpha value is -2.94. The van der Waals surface area contributed by atoms with Crippen LogP contribution < -0.4 is 5.32 Å². The van der Waals surface area contributed by atoms with E-state index < -0.39 is 0 Å². The summed E-state index contributed by atoms with van der Waals surface area (Å²) in [6.45, 7) is 2.87. The number of hydrogen-bond donors (Lipinski definition) is 1. The maximum atomic E-state index is 4.47. The molecule has 4 rings (SSSR count). The van der Waals surface area contributed by atoms with Gasteiger partial charge in [-0.25, -0.2) is 9.97 Å². The van der Waals surface area contributed by atoms with Gasteiger partial charge in [-0.05, 0) is 29.7 Å². The second kappa shape index (κ2) is 6.28. The zero-order valence-corrected chi connectivity index (χ0v) is 13.7. The van der Waals surface area contributed by atoms with Crippen LogP contribution in [0.3, 0.4) is 0 Å². The summed E-state index contributed by atoms with van der Waals surface area (Å²) in [4.78, 5) is 8.91. The third kappa shape index (κ3) is 2.93. The Morgan fingerprint density at radius 1 is 0.958 bits per heavy atom. The molecule has 0 amide bonds. The largest absolute Gasteiger partial charge is 0.365 e. The zero-order valence-electron chi connectivity index (χ0n) is 13.7. The number of nitrogens with zero attached hydrogens (tertiary/aromatic N) is 2. The van der Waals surface area contributed by atoms with Gasteiger partial charge in [0.1, 0.15) is 12.1 Å². The smallest absolute Gasteiger partial charge is 0.137 e. The van der Waals surface area contributed by atoms with Gasteiger partial charge in [0.15, 0.2) is 0 Å². The van der Waals surface area contributed by atoms with Crippen LogP contribution in [0.15, 0.2) is 60.9 Å². The molecular formula is C21H19N3. The Kier molecular flexibility index (Phi) is 3.83. The van der Waals surface area contributed by atoms with Crippen molar-refractivity contribution in [1.82, 2.24) is 9.97 Å². The van der Waals surface area contributed by atoms with E-state index in [0.717, 1.165) is 30.0 Å². The summed E-state index contributed by atoms with van der Waals surface area (Å²) in [6, 6.07) is 19.0. The number of anilines is 1. The molecule has 0 bridgehead atoms. The van der Waals surface area contributed by atoms with Crippen molar-refractivity contribution in [2.75, 3.05) is 5.32 Å². The third-order valence-electron chi connectivity index (χ3n) is 4.37. The van der Waals surface area contributed by atoms with E-state index in [2.05, 4.69) is 76.8 Å². The highest BCUT2D eigenvalue weighted by Crippen LogP contribution is 2.33. The van der Waals surface area contributed by atoms with Gasteiger partial charge in [-0.2, -0.15) is 0 Å². The number of nitrogens with one attached hydrogen (secondary N) is 1. The first-order chi connectivity index (χ1) is 11.8. The molecule has 1 heterocycles. The molecule has 0 saturated carbocycles. The Morgan fingerprint density at radius 2 is 1.75 bits per heavy atom. The predicted molar refractivity (Wildman–Crippen MR) is 98.6 cm³/mol. The minimum Gasteiger partial charge on any atom is -0.365 e. The lowest BCUT2D eigenvalue weighted by Crippen LogP contribution is -2.04. The standard InChI is InChI=1S/C21H19N3/c1-15-7-9-17(10-8-15)18-11-19-20(12-18)23-14-24-21(19)22-13-16-5-3-2-4-6-16/h2-11,14H,12-13H2,1H3,(H,22,23,24). The molecule has 3 nitrogen and oxygen atoms in total. The van der Waals surface area contributed by atoms with E-state index in [1.54, 1.807) is 6.33 Å². The third-order valence-corrected chi connectivity index (χ3v) is 4.37. The number of aromatic nitrogens is 2. The van der Waals surface area contributed by atoms with Crippen molar-refractivity contribution in [3.63, 3.8) is 0 Å². The van der Waals surface area contributed by atoms with Gasteiger partial charge >= 0.3 is 0 Å². The average Bonchev–Trinajstić information content (AvgIpc) is 3.06. The number of aryl methyl sites for hydroxylation is 1. The SMILES string of the molecule is Cc1ccc(C2=Cc3c(ncnc3NCc3ccccc3)C2)cc1. The molecule has 0 atom stereocenters. The number of fused-ring (bicyclic) bond motifs is 1. The van der Waals surface area contributed by atoms with Crippen LogP contribution in [0.2, 0.25) is 0 Å². The lowest BCUT2D eigenvalue weighted by atomic mass is 10.0. The highest BCUT2D eigenvalue weighted by molar-refractivity contribution is 5.90. The number of allylic oxidation sites excluding steroid dienone is 1. The normalized spacial score (nSPS) is 12.6. The van der Waals surface area contributed by atoms with E-state index >= 15 is 0 Å². The van der Waals surface area contributed by atoms with Crippen LogP contribution in [0.5, 0.6) is 0 Å². The quantitative estimate of drug-likeness (QED) is 0.771. The highest BCUT2D eigenvalue weighted by Gasteiger charge is 2.19. The summed E-state index contributed by atoms with van der Waals surface area (Å²) < 4.78 is 0. The first-order valence-electron chi connectivity index (χ1n) is 8.19.